The fourth-order valence-corrected chi connectivity index (χ4v) is 2.36. The van der Waals surface area contributed by atoms with Crippen LogP contribution in [-0.4, -0.2) is 16.3 Å². The third-order valence-corrected chi connectivity index (χ3v) is 3.56. The molecule has 114 valence electrons. The molecule has 23 heavy (non-hydrogen) atoms. The highest BCUT2D eigenvalue weighted by atomic mass is 32.1. The van der Waals surface area contributed by atoms with Crippen molar-refractivity contribution in [3.63, 3.8) is 0 Å². The van der Waals surface area contributed by atoms with Gasteiger partial charge in [0.2, 0.25) is 0 Å². The number of thiocarbonyl (C=S) groups is 1. The summed E-state index contributed by atoms with van der Waals surface area (Å²) in [5.74, 6) is 0. The van der Waals surface area contributed by atoms with E-state index in [-0.39, 0.29) is 0 Å². The van der Waals surface area contributed by atoms with Gasteiger partial charge in [-0.05, 0) is 43.4 Å². The monoisotopic (exact) mass is 320 g/mol. The molecule has 0 aliphatic carbocycles. The normalized spacial score (nSPS) is 10.8. The Balaban J connectivity index is 1.66. The van der Waals surface area contributed by atoms with Gasteiger partial charge < -0.3 is 5.32 Å². The van der Waals surface area contributed by atoms with Crippen LogP contribution in [0.3, 0.4) is 0 Å². The van der Waals surface area contributed by atoms with Gasteiger partial charge in [-0.1, -0.05) is 35.9 Å². The first-order valence-corrected chi connectivity index (χ1v) is 7.64. The zero-order valence-corrected chi connectivity index (χ0v) is 13.5. The minimum Gasteiger partial charge on any atom is -0.331 e. The predicted octanol–water partition coefficient (Wildman–Crippen LogP) is 3.86. The molecule has 1 heterocycles. The van der Waals surface area contributed by atoms with Crippen LogP contribution < -0.4 is 10.7 Å². The number of benzene rings is 2. The van der Waals surface area contributed by atoms with E-state index >= 15 is 0 Å². The van der Waals surface area contributed by atoms with Crippen LogP contribution in [0.1, 0.15) is 11.1 Å². The predicted molar refractivity (Wildman–Crippen MR) is 99.9 cm³/mol. The second-order valence-corrected chi connectivity index (χ2v) is 5.52. The summed E-state index contributed by atoms with van der Waals surface area (Å²) in [4.78, 5) is 4.33. The molecule has 0 atom stereocenters. The zero-order valence-electron chi connectivity index (χ0n) is 12.7. The molecular formula is C18H16N4S. The molecule has 2 N–H and O–H groups in total. The van der Waals surface area contributed by atoms with Gasteiger partial charge >= 0.3 is 0 Å². The second kappa shape index (κ2) is 6.98. The van der Waals surface area contributed by atoms with E-state index in [2.05, 4.69) is 20.8 Å². The fraction of sp³-hybridized carbons (Fsp3) is 0.0556. The number of para-hydroxylation sites is 1. The van der Waals surface area contributed by atoms with E-state index in [0.29, 0.717) is 5.11 Å². The number of rotatable bonds is 3. The fourth-order valence-electron chi connectivity index (χ4n) is 2.19. The van der Waals surface area contributed by atoms with Crippen LogP contribution >= 0.6 is 12.2 Å². The van der Waals surface area contributed by atoms with Crippen molar-refractivity contribution in [1.82, 2.24) is 10.4 Å². The van der Waals surface area contributed by atoms with Gasteiger partial charge in [0.15, 0.2) is 5.11 Å². The molecule has 4 nitrogen and oxygen atoms in total. The molecule has 1 aromatic heterocycles. The average Bonchev–Trinajstić information content (AvgIpc) is 2.57. The average molecular weight is 320 g/mol. The Bertz CT molecular complexity index is 851. The molecule has 0 radical (unpaired) electrons. The number of aryl methyl sites for hydroxylation is 1. The summed E-state index contributed by atoms with van der Waals surface area (Å²) in [5.41, 5.74) is 6.89. The Labute approximate surface area is 140 Å². The number of nitrogens with one attached hydrogen (secondary N) is 2. The Morgan fingerprint density at radius 2 is 1.87 bits per heavy atom. The van der Waals surface area contributed by atoms with Gasteiger partial charge in [-0.2, -0.15) is 5.10 Å². The highest BCUT2D eigenvalue weighted by Crippen LogP contribution is 2.14. The lowest BCUT2D eigenvalue weighted by molar-refractivity contribution is 1.05. The lowest BCUT2D eigenvalue weighted by Gasteiger charge is -2.07. The summed E-state index contributed by atoms with van der Waals surface area (Å²) in [5, 5.41) is 8.79. The number of hydrogen-bond acceptors (Lipinski definition) is 3. The molecule has 0 aliphatic heterocycles. The van der Waals surface area contributed by atoms with E-state index in [1.807, 2.05) is 61.5 Å². The summed E-state index contributed by atoms with van der Waals surface area (Å²) < 4.78 is 0. The van der Waals surface area contributed by atoms with Gasteiger partial charge in [0, 0.05) is 22.8 Å². The molecule has 5 heteroatoms. The molecule has 0 unspecified atom stereocenters. The first-order chi connectivity index (χ1) is 11.2. The lowest BCUT2D eigenvalue weighted by atomic mass is 10.1. The van der Waals surface area contributed by atoms with E-state index in [0.717, 1.165) is 22.2 Å². The summed E-state index contributed by atoms with van der Waals surface area (Å²) in [6.45, 7) is 2.05. The van der Waals surface area contributed by atoms with Crippen LogP contribution in [0, 0.1) is 6.92 Å². The molecule has 0 fully saturated rings. The number of hydrogen-bond donors (Lipinski definition) is 2. The Morgan fingerprint density at radius 1 is 1.09 bits per heavy atom. The van der Waals surface area contributed by atoms with E-state index < -0.39 is 0 Å². The number of hydrazone groups is 1. The maximum Gasteiger partial charge on any atom is 0.191 e. The highest BCUT2D eigenvalue weighted by Gasteiger charge is 1.99. The van der Waals surface area contributed by atoms with Crippen molar-refractivity contribution < 1.29 is 0 Å². The van der Waals surface area contributed by atoms with Gasteiger partial charge in [-0.15, -0.1) is 0 Å². The second-order valence-electron chi connectivity index (χ2n) is 5.11. The summed E-state index contributed by atoms with van der Waals surface area (Å²) >= 11 is 5.23. The van der Waals surface area contributed by atoms with Gasteiger partial charge in [-0.3, -0.25) is 10.4 Å². The Morgan fingerprint density at radius 3 is 2.70 bits per heavy atom. The van der Waals surface area contributed by atoms with Crippen LogP contribution in [0.25, 0.3) is 10.9 Å². The van der Waals surface area contributed by atoms with Crippen molar-refractivity contribution in [3.8, 4) is 0 Å². The minimum absolute atomic E-state index is 0.448. The summed E-state index contributed by atoms with van der Waals surface area (Å²) in [7, 11) is 0. The van der Waals surface area contributed by atoms with Gasteiger partial charge in [0.05, 0.1) is 11.7 Å². The smallest absolute Gasteiger partial charge is 0.191 e. The van der Waals surface area contributed by atoms with Gasteiger partial charge in [0.1, 0.15) is 0 Å². The van der Waals surface area contributed by atoms with E-state index in [9.17, 15) is 0 Å². The minimum atomic E-state index is 0.448. The molecule has 3 aromatic rings. The standard InChI is InChI=1S/C18H16N4S/c1-13-6-8-15(9-7-13)21-18(23)22-20-12-14-10-11-19-17-5-3-2-4-16(14)17/h2-12H,1H3,(H2,21,22,23)/b20-12-. The molecule has 3 rings (SSSR count). The number of nitrogens with zero attached hydrogens (tertiary/aromatic N) is 2. The summed E-state index contributed by atoms with van der Waals surface area (Å²) in [6, 6.07) is 17.9. The van der Waals surface area contributed by atoms with Crippen molar-refractivity contribution in [2.75, 3.05) is 5.32 Å². The van der Waals surface area contributed by atoms with Crippen molar-refractivity contribution in [2.24, 2.45) is 5.10 Å². The third kappa shape index (κ3) is 3.90. The van der Waals surface area contributed by atoms with Crippen LogP contribution in [0.2, 0.25) is 0 Å². The Hall–Kier alpha value is -2.79. The molecule has 0 bridgehead atoms. The largest absolute Gasteiger partial charge is 0.331 e. The molecular weight excluding hydrogens is 304 g/mol. The van der Waals surface area contributed by atoms with Crippen LogP contribution in [-0.2, 0) is 0 Å². The topological polar surface area (TPSA) is 49.3 Å². The van der Waals surface area contributed by atoms with Crippen LogP contribution in [0.5, 0.6) is 0 Å². The van der Waals surface area contributed by atoms with Crippen molar-refractivity contribution in [2.45, 2.75) is 6.92 Å². The van der Waals surface area contributed by atoms with Gasteiger partial charge in [0.25, 0.3) is 0 Å². The molecule has 0 aliphatic rings. The van der Waals surface area contributed by atoms with Crippen molar-refractivity contribution in [3.05, 3.63) is 71.9 Å². The van der Waals surface area contributed by atoms with Gasteiger partial charge in [-0.25, -0.2) is 0 Å². The maximum atomic E-state index is 5.23. The zero-order chi connectivity index (χ0) is 16.1. The number of anilines is 1. The summed E-state index contributed by atoms with van der Waals surface area (Å²) in [6.07, 6.45) is 3.51. The van der Waals surface area contributed by atoms with E-state index in [1.165, 1.54) is 5.56 Å². The number of pyridine rings is 1. The van der Waals surface area contributed by atoms with Crippen molar-refractivity contribution in [1.29, 1.82) is 0 Å². The van der Waals surface area contributed by atoms with E-state index in [1.54, 1.807) is 12.4 Å². The van der Waals surface area contributed by atoms with E-state index in [4.69, 9.17) is 12.2 Å². The Kier molecular flexibility index (Phi) is 4.59. The first kappa shape index (κ1) is 15.1. The highest BCUT2D eigenvalue weighted by molar-refractivity contribution is 7.80. The molecule has 0 amide bonds. The first-order valence-electron chi connectivity index (χ1n) is 7.23. The molecule has 0 saturated heterocycles. The van der Waals surface area contributed by atoms with Crippen molar-refractivity contribution >= 4 is 40.1 Å². The lowest BCUT2D eigenvalue weighted by Crippen LogP contribution is -2.23. The molecule has 2 aromatic carbocycles. The molecule has 0 spiro atoms. The quantitative estimate of drug-likeness (QED) is 0.437. The molecule has 0 saturated carbocycles. The maximum absolute atomic E-state index is 5.23. The van der Waals surface area contributed by atoms with Crippen LogP contribution in [0.4, 0.5) is 5.69 Å². The van der Waals surface area contributed by atoms with Crippen LogP contribution in [0.15, 0.2) is 65.9 Å². The number of fused-ring (bicyclic) bond motifs is 1. The number of aromatic nitrogens is 1. The third-order valence-electron chi connectivity index (χ3n) is 3.36. The SMILES string of the molecule is Cc1ccc(NC(=S)N/N=C\c2ccnc3ccccc23)cc1.